The largest absolute Gasteiger partial charge is 0.497 e. The molecule has 0 radical (unpaired) electrons. The number of nitrogens with zero attached hydrogens (tertiary/aromatic N) is 1. The van der Waals surface area contributed by atoms with Crippen LogP contribution < -0.4 is 10.3 Å². The normalized spacial score (nSPS) is 10.7. The second-order valence-electron chi connectivity index (χ2n) is 6.28. The van der Waals surface area contributed by atoms with E-state index in [-0.39, 0.29) is 17.0 Å². The summed E-state index contributed by atoms with van der Waals surface area (Å²) in [6.45, 7) is 6.68. The number of amides is 1. The van der Waals surface area contributed by atoms with E-state index in [2.05, 4.69) is 4.98 Å². The molecule has 0 atom stereocenters. The zero-order chi connectivity index (χ0) is 19.3. The van der Waals surface area contributed by atoms with Crippen LogP contribution in [-0.4, -0.2) is 43.2 Å². The van der Waals surface area contributed by atoms with Crippen LogP contribution >= 0.6 is 0 Å². The van der Waals surface area contributed by atoms with Gasteiger partial charge in [0.2, 0.25) is 0 Å². The summed E-state index contributed by atoms with van der Waals surface area (Å²) in [6, 6.07) is 7.53. The predicted molar refractivity (Wildman–Crippen MR) is 101 cm³/mol. The number of aromatic amines is 1. The minimum absolute atomic E-state index is 0.187. The van der Waals surface area contributed by atoms with Gasteiger partial charge in [0.15, 0.2) is 0 Å². The molecule has 0 saturated heterocycles. The summed E-state index contributed by atoms with van der Waals surface area (Å²) in [7, 11) is 3.19. The highest BCUT2D eigenvalue weighted by molar-refractivity contribution is 5.95. The summed E-state index contributed by atoms with van der Waals surface area (Å²) < 4.78 is 10.4. The molecule has 0 bridgehead atoms. The number of hydrogen-bond acceptors (Lipinski definition) is 4. The van der Waals surface area contributed by atoms with E-state index in [9.17, 15) is 9.59 Å². The van der Waals surface area contributed by atoms with Crippen LogP contribution in [0.5, 0.6) is 5.75 Å². The smallest absolute Gasteiger partial charge is 0.261 e. The lowest BCUT2D eigenvalue weighted by Gasteiger charge is -2.24. The molecule has 0 saturated carbocycles. The van der Waals surface area contributed by atoms with Gasteiger partial charge in [-0.2, -0.15) is 0 Å². The fraction of sp³-hybridized carbons (Fsp3) is 0.400. The van der Waals surface area contributed by atoms with Crippen LogP contribution in [0, 0.1) is 20.8 Å². The first kappa shape index (κ1) is 19.7. The monoisotopic (exact) mass is 358 g/mol. The first-order chi connectivity index (χ1) is 12.4. The number of hydrogen-bond donors (Lipinski definition) is 1. The van der Waals surface area contributed by atoms with Crippen LogP contribution in [0.25, 0.3) is 0 Å². The number of carbonyl (C=O) groups excluding carboxylic acids is 1. The Morgan fingerprint density at radius 2 is 1.88 bits per heavy atom. The maximum absolute atomic E-state index is 13.1. The average Bonchev–Trinajstić information content (AvgIpc) is 2.63. The maximum Gasteiger partial charge on any atom is 0.261 e. The van der Waals surface area contributed by atoms with E-state index in [0.717, 1.165) is 22.6 Å². The highest BCUT2D eigenvalue weighted by atomic mass is 16.5. The number of rotatable bonds is 7. The Hall–Kier alpha value is -2.60. The molecule has 1 heterocycles. The predicted octanol–water partition coefficient (Wildman–Crippen LogP) is 2.60. The van der Waals surface area contributed by atoms with Gasteiger partial charge in [-0.3, -0.25) is 9.59 Å². The van der Waals surface area contributed by atoms with E-state index >= 15 is 0 Å². The molecule has 1 N–H and O–H groups in total. The van der Waals surface area contributed by atoms with E-state index in [1.54, 1.807) is 19.1 Å². The van der Waals surface area contributed by atoms with Gasteiger partial charge in [0.05, 0.1) is 13.7 Å². The van der Waals surface area contributed by atoms with E-state index < -0.39 is 0 Å². The molecule has 0 aliphatic carbocycles. The second-order valence-corrected chi connectivity index (χ2v) is 6.28. The lowest BCUT2D eigenvalue weighted by molar-refractivity contribution is 0.0677. The van der Waals surface area contributed by atoms with Crippen molar-refractivity contribution >= 4 is 5.91 Å². The van der Waals surface area contributed by atoms with E-state index in [4.69, 9.17) is 9.47 Å². The van der Waals surface area contributed by atoms with Gasteiger partial charge in [0.25, 0.3) is 11.5 Å². The van der Waals surface area contributed by atoms with Gasteiger partial charge in [0.1, 0.15) is 11.3 Å². The van der Waals surface area contributed by atoms with Crippen LogP contribution in [0.15, 0.2) is 29.1 Å². The zero-order valence-electron chi connectivity index (χ0n) is 16.0. The number of nitrogens with one attached hydrogen (secondary N) is 1. The van der Waals surface area contributed by atoms with Crippen LogP contribution in [0.4, 0.5) is 0 Å². The number of carbonyl (C=O) groups is 1. The Morgan fingerprint density at radius 3 is 2.54 bits per heavy atom. The Kier molecular flexibility index (Phi) is 6.58. The summed E-state index contributed by atoms with van der Waals surface area (Å²) in [6.07, 6.45) is 0. The first-order valence-corrected chi connectivity index (χ1v) is 8.50. The van der Waals surface area contributed by atoms with Gasteiger partial charge in [-0.15, -0.1) is 0 Å². The Balaban J connectivity index is 2.39. The molecule has 140 valence electrons. The van der Waals surface area contributed by atoms with Crippen molar-refractivity contribution < 1.29 is 14.3 Å². The molecule has 6 heteroatoms. The summed E-state index contributed by atoms with van der Waals surface area (Å²) in [5.74, 6) is 0.425. The molecule has 1 amide bonds. The van der Waals surface area contributed by atoms with Crippen LogP contribution in [-0.2, 0) is 11.3 Å². The van der Waals surface area contributed by atoms with E-state index in [0.29, 0.717) is 25.3 Å². The minimum atomic E-state index is -0.358. The van der Waals surface area contributed by atoms with Crippen molar-refractivity contribution in [1.29, 1.82) is 0 Å². The SMILES string of the molecule is COCCN(Cc1cccc(OC)c1)C(=O)c1c(C)c(C)c(C)[nH]c1=O. The minimum Gasteiger partial charge on any atom is -0.497 e. The fourth-order valence-corrected chi connectivity index (χ4v) is 2.83. The van der Waals surface area contributed by atoms with Gasteiger partial charge < -0.3 is 19.4 Å². The van der Waals surface area contributed by atoms with Crippen LogP contribution in [0.1, 0.15) is 32.7 Å². The molecule has 0 unspecified atom stereocenters. The lowest BCUT2D eigenvalue weighted by atomic mass is 10.0. The highest BCUT2D eigenvalue weighted by Crippen LogP contribution is 2.18. The molecule has 0 spiro atoms. The third kappa shape index (κ3) is 4.32. The molecular weight excluding hydrogens is 332 g/mol. The van der Waals surface area contributed by atoms with Crippen LogP contribution in [0.2, 0.25) is 0 Å². The van der Waals surface area contributed by atoms with Crippen molar-refractivity contribution in [2.45, 2.75) is 27.3 Å². The number of aryl methyl sites for hydroxylation is 1. The molecule has 0 aliphatic heterocycles. The molecule has 2 aromatic rings. The highest BCUT2D eigenvalue weighted by Gasteiger charge is 2.23. The molecule has 0 aliphatic rings. The third-order valence-corrected chi connectivity index (χ3v) is 4.60. The molecule has 2 rings (SSSR count). The Labute approximate surface area is 153 Å². The summed E-state index contributed by atoms with van der Waals surface area (Å²) in [5, 5.41) is 0. The summed E-state index contributed by atoms with van der Waals surface area (Å²) in [4.78, 5) is 30.0. The van der Waals surface area contributed by atoms with Crippen molar-refractivity contribution in [3.05, 3.63) is 62.6 Å². The number of benzene rings is 1. The van der Waals surface area contributed by atoms with Crippen molar-refractivity contribution in [2.24, 2.45) is 0 Å². The molecule has 1 aromatic heterocycles. The van der Waals surface area contributed by atoms with Gasteiger partial charge in [0, 0.05) is 25.9 Å². The summed E-state index contributed by atoms with van der Waals surface area (Å²) >= 11 is 0. The zero-order valence-corrected chi connectivity index (χ0v) is 16.0. The van der Waals surface area contributed by atoms with E-state index in [1.807, 2.05) is 45.0 Å². The quantitative estimate of drug-likeness (QED) is 0.826. The number of aromatic nitrogens is 1. The number of H-pyrrole nitrogens is 1. The topological polar surface area (TPSA) is 71.6 Å². The lowest BCUT2D eigenvalue weighted by Crippen LogP contribution is -2.37. The van der Waals surface area contributed by atoms with Crippen LogP contribution in [0.3, 0.4) is 0 Å². The average molecular weight is 358 g/mol. The summed E-state index contributed by atoms with van der Waals surface area (Å²) in [5.41, 5.74) is 3.16. The van der Waals surface area contributed by atoms with Gasteiger partial charge in [-0.05, 0) is 49.6 Å². The van der Waals surface area contributed by atoms with Gasteiger partial charge >= 0.3 is 0 Å². The molecule has 1 aromatic carbocycles. The fourth-order valence-electron chi connectivity index (χ4n) is 2.83. The third-order valence-electron chi connectivity index (χ3n) is 4.60. The van der Waals surface area contributed by atoms with Gasteiger partial charge in [-0.1, -0.05) is 12.1 Å². The number of methoxy groups -OCH3 is 2. The molecular formula is C20H26N2O4. The Bertz CT molecular complexity index is 842. The van der Waals surface area contributed by atoms with Crippen molar-refractivity contribution in [1.82, 2.24) is 9.88 Å². The van der Waals surface area contributed by atoms with Crippen molar-refractivity contribution in [3.63, 3.8) is 0 Å². The number of ether oxygens (including phenoxy) is 2. The van der Waals surface area contributed by atoms with Gasteiger partial charge in [-0.25, -0.2) is 0 Å². The second kappa shape index (κ2) is 8.67. The Morgan fingerprint density at radius 1 is 1.15 bits per heavy atom. The van der Waals surface area contributed by atoms with Crippen molar-refractivity contribution in [3.8, 4) is 5.75 Å². The van der Waals surface area contributed by atoms with Crippen molar-refractivity contribution in [2.75, 3.05) is 27.4 Å². The first-order valence-electron chi connectivity index (χ1n) is 8.50. The molecule has 0 fully saturated rings. The van der Waals surface area contributed by atoms with E-state index in [1.165, 1.54) is 0 Å². The molecule has 6 nitrogen and oxygen atoms in total. The molecule has 26 heavy (non-hydrogen) atoms. The maximum atomic E-state index is 13.1. The standard InChI is InChI=1S/C20H26N2O4/c1-13-14(2)18(19(23)21-15(13)3)20(24)22(9-10-25-4)12-16-7-6-8-17(11-16)26-5/h6-8,11H,9-10,12H2,1-5H3,(H,21,23). The number of pyridine rings is 1.